The highest BCUT2D eigenvalue weighted by atomic mass is 16.5. The smallest absolute Gasteiger partial charge is 0.136 e. The Labute approximate surface area is 139 Å². The van der Waals surface area contributed by atoms with Gasteiger partial charge in [-0.2, -0.15) is 0 Å². The molecule has 1 saturated heterocycles. The molecule has 120 valence electrons. The van der Waals surface area contributed by atoms with E-state index in [1.807, 2.05) is 6.07 Å². The molecule has 2 aromatic rings. The molecule has 23 heavy (non-hydrogen) atoms. The molecule has 1 heterocycles. The number of para-hydroxylation sites is 1. The molecule has 1 aliphatic carbocycles. The van der Waals surface area contributed by atoms with Gasteiger partial charge in [0, 0.05) is 32.5 Å². The molecule has 4 rings (SSSR count). The summed E-state index contributed by atoms with van der Waals surface area (Å²) in [6, 6.07) is 21.1. The van der Waals surface area contributed by atoms with Crippen molar-refractivity contribution >= 4 is 0 Å². The van der Waals surface area contributed by atoms with Crippen LogP contribution in [-0.4, -0.2) is 24.5 Å². The van der Waals surface area contributed by atoms with Crippen LogP contribution in [0, 0.1) is 5.92 Å². The normalized spacial score (nSPS) is 21.0. The second kappa shape index (κ2) is 6.37. The summed E-state index contributed by atoms with van der Waals surface area (Å²) in [6.45, 7) is 3.56. The van der Waals surface area contributed by atoms with Crippen LogP contribution in [0.1, 0.15) is 31.2 Å². The predicted molar refractivity (Wildman–Crippen MR) is 93.6 cm³/mol. The van der Waals surface area contributed by atoms with E-state index in [2.05, 4.69) is 59.5 Å². The van der Waals surface area contributed by atoms with Crippen molar-refractivity contribution in [3.63, 3.8) is 0 Å². The van der Waals surface area contributed by atoms with E-state index in [0.29, 0.717) is 0 Å². The molecule has 1 aliphatic heterocycles. The molecule has 0 aromatic heterocycles. The van der Waals surface area contributed by atoms with Gasteiger partial charge >= 0.3 is 0 Å². The minimum absolute atomic E-state index is 0.178. The monoisotopic (exact) mass is 307 g/mol. The highest BCUT2D eigenvalue weighted by Gasteiger charge is 2.39. The third kappa shape index (κ3) is 3.42. The second-order valence-corrected chi connectivity index (χ2v) is 7.02. The van der Waals surface area contributed by atoms with E-state index < -0.39 is 0 Å². The Morgan fingerprint density at radius 2 is 1.48 bits per heavy atom. The number of piperidine rings is 1. The molecule has 0 amide bonds. The van der Waals surface area contributed by atoms with Crippen molar-refractivity contribution in [2.24, 2.45) is 5.92 Å². The Morgan fingerprint density at radius 1 is 0.870 bits per heavy atom. The van der Waals surface area contributed by atoms with Crippen molar-refractivity contribution < 1.29 is 4.74 Å². The van der Waals surface area contributed by atoms with Gasteiger partial charge in [0.15, 0.2) is 0 Å². The first kappa shape index (κ1) is 14.8. The van der Waals surface area contributed by atoms with Crippen LogP contribution in [0.25, 0.3) is 0 Å². The van der Waals surface area contributed by atoms with Crippen molar-refractivity contribution in [1.29, 1.82) is 0 Å². The van der Waals surface area contributed by atoms with Crippen LogP contribution in [0.5, 0.6) is 5.75 Å². The Bertz CT molecular complexity index is 613. The van der Waals surface area contributed by atoms with Crippen molar-refractivity contribution in [3.8, 4) is 5.75 Å². The summed E-state index contributed by atoms with van der Waals surface area (Å²) in [4.78, 5) is 2.63. The minimum Gasteiger partial charge on any atom is -0.482 e. The van der Waals surface area contributed by atoms with E-state index >= 15 is 0 Å². The van der Waals surface area contributed by atoms with E-state index in [1.54, 1.807) is 0 Å². The first-order valence-corrected chi connectivity index (χ1v) is 8.86. The lowest BCUT2D eigenvalue weighted by atomic mass is 9.84. The molecule has 2 aromatic carbocycles. The summed E-state index contributed by atoms with van der Waals surface area (Å²) in [5.74, 6) is 1.95. The Hall–Kier alpha value is -1.80. The lowest BCUT2D eigenvalue weighted by Crippen LogP contribution is -2.46. The van der Waals surface area contributed by atoms with Crippen molar-refractivity contribution in [2.45, 2.75) is 31.3 Å². The maximum atomic E-state index is 6.57. The minimum atomic E-state index is -0.178. The summed E-state index contributed by atoms with van der Waals surface area (Å²) < 4.78 is 6.57. The SMILES string of the molecule is c1ccc(OC2(c3ccccc3)CCN(CC3CC3)CC2)cc1. The third-order valence-corrected chi connectivity index (χ3v) is 5.23. The van der Waals surface area contributed by atoms with Crippen molar-refractivity contribution in [1.82, 2.24) is 4.90 Å². The molecule has 0 spiro atoms. The highest BCUT2D eigenvalue weighted by Crippen LogP contribution is 2.39. The summed E-state index contributed by atoms with van der Waals surface area (Å²) in [5, 5.41) is 0. The lowest BCUT2D eigenvalue weighted by Gasteiger charge is -2.42. The number of nitrogens with zero attached hydrogens (tertiary/aromatic N) is 1. The average molecular weight is 307 g/mol. The zero-order valence-electron chi connectivity index (χ0n) is 13.7. The van der Waals surface area contributed by atoms with Crippen LogP contribution < -0.4 is 4.74 Å². The first-order chi connectivity index (χ1) is 11.3. The summed E-state index contributed by atoms with van der Waals surface area (Å²) >= 11 is 0. The zero-order chi connectivity index (χ0) is 15.5. The van der Waals surface area contributed by atoms with Crippen molar-refractivity contribution in [3.05, 3.63) is 66.2 Å². The molecule has 1 saturated carbocycles. The number of hydrogen-bond donors (Lipinski definition) is 0. The number of hydrogen-bond acceptors (Lipinski definition) is 2. The van der Waals surface area contributed by atoms with Crippen LogP contribution in [-0.2, 0) is 5.60 Å². The Balaban J connectivity index is 1.55. The predicted octanol–water partition coefficient (Wildman–Crippen LogP) is 4.47. The summed E-state index contributed by atoms with van der Waals surface area (Å²) in [5.41, 5.74) is 1.14. The second-order valence-electron chi connectivity index (χ2n) is 7.02. The fourth-order valence-electron chi connectivity index (χ4n) is 3.67. The van der Waals surface area contributed by atoms with Crippen LogP contribution in [0.15, 0.2) is 60.7 Å². The lowest BCUT2D eigenvalue weighted by molar-refractivity contribution is -0.00386. The number of ether oxygens (including phenoxy) is 1. The quantitative estimate of drug-likeness (QED) is 0.808. The van der Waals surface area contributed by atoms with Gasteiger partial charge in [0.2, 0.25) is 0 Å². The van der Waals surface area contributed by atoms with Gasteiger partial charge in [-0.25, -0.2) is 0 Å². The Kier molecular flexibility index (Phi) is 4.09. The maximum absolute atomic E-state index is 6.57. The van der Waals surface area contributed by atoms with E-state index in [-0.39, 0.29) is 5.60 Å². The standard InChI is InChI=1S/C21H25NO/c1-3-7-19(8-4-1)21(23-20-9-5-2-6-10-20)13-15-22(16-14-21)17-18-11-12-18/h1-10,18H,11-17H2. The molecule has 0 bridgehead atoms. The molecule has 0 radical (unpaired) electrons. The van der Waals surface area contributed by atoms with E-state index in [9.17, 15) is 0 Å². The molecule has 2 heteroatoms. The first-order valence-electron chi connectivity index (χ1n) is 8.86. The van der Waals surface area contributed by atoms with E-state index in [4.69, 9.17) is 4.74 Å². The molecular weight excluding hydrogens is 282 g/mol. The van der Waals surface area contributed by atoms with Gasteiger partial charge in [0.1, 0.15) is 11.4 Å². The van der Waals surface area contributed by atoms with E-state index in [0.717, 1.165) is 37.6 Å². The molecule has 0 unspecified atom stereocenters. The Morgan fingerprint density at radius 3 is 2.09 bits per heavy atom. The van der Waals surface area contributed by atoms with E-state index in [1.165, 1.54) is 24.9 Å². The molecule has 0 N–H and O–H groups in total. The van der Waals surface area contributed by atoms with Crippen LogP contribution in [0.4, 0.5) is 0 Å². The molecular formula is C21H25NO. The van der Waals surface area contributed by atoms with Gasteiger partial charge in [-0.1, -0.05) is 48.5 Å². The number of rotatable bonds is 5. The maximum Gasteiger partial charge on any atom is 0.136 e. The molecule has 2 nitrogen and oxygen atoms in total. The van der Waals surface area contributed by atoms with Crippen LogP contribution >= 0.6 is 0 Å². The fraction of sp³-hybridized carbons (Fsp3) is 0.429. The number of benzene rings is 2. The van der Waals surface area contributed by atoms with Crippen LogP contribution in [0.3, 0.4) is 0 Å². The molecule has 0 atom stereocenters. The van der Waals surface area contributed by atoms with Gasteiger partial charge in [0.05, 0.1) is 0 Å². The summed E-state index contributed by atoms with van der Waals surface area (Å²) in [6.07, 6.45) is 5.00. The van der Waals surface area contributed by atoms with Crippen molar-refractivity contribution in [2.75, 3.05) is 19.6 Å². The van der Waals surface area contributed by atoms with Gasteiger partial charge in [-0.05, 0) is 36.5 Å². The topological polar surface area (TPSA) is 12.5 Å². The largest absolute Gasteiger partial charge is 0.482 e. The molecule has 2 fully saturated rings. The number of likely N-dealkylation sites (tertiary alicyclic amines) is 1. The highest BCUT2D eigenvalue weighted by molar-refractivity contribution is 5.28. The third-order valence-electron chi connectivity index (χ3n) is 5.23. The summed E-state index contributed by atoms with van der Waals surface area (Å²) in [7, 11) is 0. The van der Waals surface area contributed by atoms with Gasteiger partial charge < -0.3 is 9.64 Å². The van der Waals surface area contributed by atoms with Gasteiger partial charge in [-0.3, -0.25) is 0 Å². The molecule has 2 aliphatic rings. The average Bonchev–Trinajstić information content (AvgIpc) is 3.43. The fourth-order valence-corrected chi connectivity index (χ4v) is 3.67. The zero-order valence-corrected chi connectivity index (χ0v) is 13.7. The van der Waals surface area contributed by atoms with Gasteiger partial charge in [-0.15, -0.1) is 0 Å². The van der Waals surface area contributed by atoms with Crippen LogP contribution in [0.2, 0.25) is 0 Å². The van der Waals surface area contributed by atoms with Gasteiger partial charge in [0.25, 0.3) is 0 Å².